The molecule has 1 N–H and O–H groups in total. The third-order valence-corrected chi connectivity index (χ3v) is 4.00. The molecule has 2 aromatic rings. The van der Waals surface area contributed by atoms with E-state index in [1.807, 2.05) is 0 Å². The number of imidazole rings is 2. The number of nitrogens with one attached hydrogen (secondary N) is 1. The number of rotatable bonds is 11. The highest BCUT2D eigenvalue weighted by Gasteiger charge is 1.99. The number of H-pyrrole nitrogens is 1. The van der Waals surface area contributed by atoms with Crippen molar-refractivity contribution < 1.29 is 4.57 Å². The normalized spacial score (nSPS) is 10.3. The van der Waals surface area contributed by atoms with Crippen molar-refractivity contribution in [2.75, 3.05) is 0 Å². The summed E-state index contributed by atoms with van der Waals surface area (Å²) in [5.74, 6) is 0. The van der Waals surface area contributed by atoms with Crippen LogP contribution in [0.3, 0.4) is 0 Å². The van der Waals surface area contributed by atoms with Gasteiger partial charge in [-0.05, 0) is 12.8 Å². The van der Waals surface area contributed by atoms with Gasteiger partial charge in [-0.2, -0.15) is 0 Å². The molecule has 0 atom stereocenters. The summed E-state index contributed by atoms with van der Waals surface area (Å²) in [5, 5.41) is 0. The lowest BCUT2D eigenvalue weighted by Gasteiger charge is -2.01. The molecular formula is C19H35N4+. The molecule has 2 heterocycles. The maximum atomic E-state index is 3.67. The first-order valence-electron chi connectivity index (χ1n) is 9.26. The molecule has 4 nitrogen and oxygen atoms in total. The van der Waals surface area contributed by atoms with Crippen molar-refractivity contribution in [2.24, 2.45) is 7.05 Å². The first-order valence-corrected chi connectivity index (χ1v) is 9.26. The van der Waals surface area contributed by atoms with E-state index in [0.29, 0.717) is 0 Å². The van der Waals surface area contributed by atoms with E-state index in [2.05, 4.69) is 51.8 Å². The van der Waals surface area contributed by atoms with Crippen molar-refractivity contribution in [3.63, 3.8) is 0 Å². The molecule has 130 valence electrons. The topological polar surface area (TPSA) is 37.5 Å². The second-order valence-corrected chi connectivity index (χ2v) is 6.26. The monoisotopic (exact) mass is 319 g/mol. The fourth-order valence-corrected chi connectivity index (χ4v) is 2.63. The third kappa shape index (κ3) is 11.6. The Bertz CT molecular complexity index is 430. The van der Waals surface area contributed by atoms with Gasteiger partial charge in [0.1, 0.15) is 12.4 Å². The third-order valence-electron chi connectivity index (χ3n) is 4.00. The standard InChI is InChI=1S/C16H31N2.C3H4N2/c1-3-4-5-6-7-8-9-10-11-12-13-18-15-14-17(2)16-18;1-2-5-3-4-1/h14-16H,3-13H2,1-2H3;1-3H,(H,4,5)/q+1;. The van der Waals surface area contributed by atoms with Gasteiger partial charge in [-0.25, -0.2) is 14.1 Å². The van der Waals surface area contributed by atoms with Gasteiger partial charge in [0.25, 0.3) is 0 Å². The van der Waals surface area contributed by atoms with Gasteiger partial charge in [0.05, 0.1) is 19.9 Å². The van der Waals surface area contributed by atoms with Crippen molar-refractivity contribution in [1.29, 1.82) is 0 Å². The first kappa shape index (κ1) is 19.5. The Labute approximate surface area is 142 Å². The molecule has 0 radical (unpaired) electrons. The molecule has 0 fully saturated rings. The zero-order valence-electron chi connectivity index (χ0n) is 15.1. The molecule has 0 saturated carbocycles. The summed E-state index contributed by atoms with van der Waals surface area (Å²) in [6.45, 7) is 3.46. The van der Waals surface area contributed by atoms with Crippen LogP contribution in [-0.4, -0.2) is 14.5 Å². The maximum Gasteiger partial charge on any atom is 0.243 e. The van der Waals surface area contributed by atoms with E-state index < -0.39 is 0 Å². The summed E-state index contributed by atoms with van der Waals surface area (Å²) >= 11 is 0. The summed E-state index contributed by atoms with van der Waals surface area (Å²) < 4.78 is 4.39. The summed E-state index contributed by atoms with van der Waals surface area (Å²) in [6, 6.07) is 0. The molecule has 0 aliphatic rings. The van der Waals surface area contributed by atoms with Crippen LogP contribution in [0.1, 0.15) is 71.1 Å². The highest BCUT2D eigenvalue weighted by Crippen LogP contribution is 2.10. The lowest BCUT2D eigenvalue weighted by atomic mass is 10.1. The minimum atomic E-state index is 1.18. The van der Waals surface area contributed by atoms with Crippen molar-refractivity contribution in [2.45, 2.75) is 77.7 Å². The van der Waals surface area contributed by atoms with Crippen LogP contribution in [0.25, 0.3) is 0 Å². The Hall–Kier alpha value is -1.58. The van der Waals surface area contributed by atoms with Crippen LogP contribution in [0.5, 0.6) is 0 Å². The molecule has 0 aliphatic heterocycles. The number of unbranched alkanes of at least 4 members (excludes halogenated alkanes) is 9. The fourth-order valence-electron chi connectivity index (χ4n) is 2.63. The van der Waals surface area contributed by atoms with Gasteiger partial charge < -0.3 is 4.98 Å². The average Bonchev–Trinajstić information content (AvgIpc) is 3.24. The van der Waals surface area contributed by atoms with Crippen LogP contribution < -0.4 is 4.57 Å². The van der Waals surface area contributed by atoms with E-state index in [9.17, 15) is 0 Å². The molecular weight excluding hydrogens is 284 g/mol. The van der Waals surface area contributed by atoms with Gasteiger partial charge in [0.15, 0.2) is 0 Å². The highest BCUT2D eigenvalue weighted by molar-refractivity contribution is 4.64. The largest absolute Gasteiger partial charge is 0.351 e. The Morgan fingerprint density at radius 3 is 2.04 bits per heavy atom. The van der Waals surface area contributed by atoms with Gasteiger partial charge in [0, 0.05) is 12.4 Å². The first-order chi connectivity index (χ1) is 11.3. The van der Waals surface area contributed by atoms with E-state index >= 15 is 0 Å². The molecule has 0 aliphatic carbocycles. The number of aromatic nitrogens is 4. The Morgan fingerprint density at radius 2 is 1.61 bits per heavy atom. The van der Waals surface area contributed by atoms with Crippen LogP contribution in [0.4, 0.5) is 0 Å². The van der Waals surface area contributed by atoms with Crippen molar-refractivity contribution in [3.8, 4) is 0 Å². The second kappa shape index (κ2) is 14.0. The van der Waals surface area contributed by atoms with Gasteiger partial charge in [0.2, 0.25) is 6.33 Å². The van der Waals surface area contributed by atoms with Crippen molar-refractivity contribution in [3.05, 3.63) is 37.4 Å². The molecule has 0 unspecified atom stereocenters. The van der Waals surface area contributed by atoms with Crippen LogP contribution >= 0.6 is 0 Å². The number of nitrogens with zero attached hydrogens (tertiary/aromatic N) is 3. The molecule has 2 aromatic heterocycles. The predicted octanol–water partition coefficient (Wildman–Crippen LogP) is 4.64. The number of hydrogen-bond donors (Lipinski definition) is 1. The van der Waals surface area contributed by atoms with Crippen LogP contribution in [-0.2, 0) is 13.6 Å². The highest BCUT2D eigenvalue weighted by atomic mass is 15.1. The lowest BCUT2D eigenvalue weighted by molar-refractivity contribution is -0.696. The second-order valence-electron chi connectivity index (χ2n) is 6.26. The summed E-state index contributed by atoms with van der Waals surface area (Å²) in [5.41, 5.74) is 0. The van der Waals surface area contributed by atoms with E-state index in [0.717, 1.165) is 0 Å². The van der Waals surface area contributed by atoms with E-state index in [1.165, 1.54) is 70.8 Å². The van der Waals surface area contributed by atoms with E-state index in [-0.39, 0.29) is 0 Å². The van der Waals surface area contributed by atoms with Crippen LogP contribution in [0.15, 0.2) is 37.4 Å². The van der Waals surface area contributed by atoms with Crippen LogP contribution in [0, 0.1) is 0 Å². The Kier molecular flexibility index (Phi) is 11.9. The molecule has 4 heteroatoms. The molecule has 2 rings (SSSR count). The molecule has 0 amide bonds. The molecule has 0 bridgehead atoms. The van der Waals surface area contributed by atoms with Crippen LogP contribution in [0.2, 0.25) is 0 Å². The number of aromatic amines is 1. The van der Waals surface area contributed by atoms with Gasteiger partial charge in [-0.15, -0.1) is 0 Å². The SMILES string of the molecule is CCCCCCCCCCCC[n+]1ccn(C)c1.c1c[nH]cn1. The van der Waals surface area contributed by atoms with Crippen molar-refractivity contribution >= 4 is 0 Å². The van der Waals surface area contributed by atoms with E-state index in [4.69, 9.17) is 0 Å². The summed E-state index contributed by atoms with van der Waals surface area (Å²) in [6.07, 6.45) is 25.7. The molecule has 23 heavy (non-hydrogen) atoms. The molecule has 0 saturated heterocycles. The molecule has 0 spiro atoms. The number of hydrogen-bond acceptors (Lipinski definition) is 1. The lowest BCUT2D eigenvalue weighted by Crippen LogP contribution is -2.30. The van der Waals surface area contributed by atoms with E-state index in [1.54, 1.807) is 18.7 Å². The predicted molar refractivity (Wildman–Crippen MR) is 96.0 cm³/mol. The average molecular weight is 320 g/mol. The fraction of sp³-hybridized carbons (Fsp3) is 0.684. The van der Waals surface area contributed by atoms with Gasteiger partial charge in [-0.3, -0.25) is 0 Å². The minimum absolute atomic E-state index is 1.18. The quantitative estimate of drug-likeness (QED) is 0.475. The zero-order valence-corrected chi connectivity index (χ0v) is 15.1. The number of aryl methyl sites for hydroxylation is 2. The minimum Gasteiger partial charge on any atom is -0.351 e. The summed E-state index contributed by atoms with van der Waals surface area (Å²) in [7, 11) is 2.08. The summed E-state index contributed by atoms with van der Waals surface area (Å²) in [4.78, 5) is 6.42. The smallest absolute Gasteiger partial charge is 0.243 e. The maximum absolute atomic E-state index is 3.67. The van der Waals surface area contributed by atoms with Gasteiger partial charge in [-0.1, -0.05) is 58.3 Å². The Balaban J connectivity index is 0.000000446. The zero-order chi connectivity index (χ0) is 16.6. The molecule has 0 aromatic carbocycles. The van der Waals surface area contributed by atoms with Crippen molar-refractivity contribution in [1.82, 2.24) is 14.5 Å². The van der Waals surface area contributed by atoms with Gasteiger partial charge >= 0.3 is 0 Å². The Morgan fingerprint density at radius 1 is 0.957 bits per heavy atom.